The molecule has 173 valence electrons. The van der Waals surface area contributed by atoms with Crippen LogP contribution in [0, 0.1) is 11.8 Å². The van der Waals surface area contributed by atoms with Gasteiger partial charge < -0.3 is 5.11 Å². The molecule has 0 saturated heterocycles. The molecule has 0 aliphatic heterocycles. The summed E-state index contributed by atoms with van der Waals surface area (Å²) >= 11 is 0. The maximum Gasteiger partial charge on any atom is 0.307 e. The molecule has 0 aromatic heterocycles. The Hall–Kier alpha value is -0.530. The minimum Gasteiger partial charge on any atom is -0.481 e. The first-order valence-electron chi connectivity index (χ1n) is 13.2. The van der Waals surface area contributed by atoms with Crippen LogP contribution in [0.1, 0.15) is 156 Å². The molecule has 0 fully saturated rings. The molecule has 0 aliphatic rings. The number of aliphatic carboxylic acids is 1. The molecule has 2 heteroatoms. The van der Waals surface area contributed by atoms with E-state index in [1.165, 1.54) is 95.8 Å². The first-order valence-corrected chi connectivity index (χ1v) is 13.2. The Morgan fingerprint density at radius 3 is 1.34 bits per heavy atom. The predicted molar refractivity (Wildman–Crippen MR) is 128 cm³/mol. The standard InChI is InChI=1S/C27H53O2/c1-4-7-10-11-12-13-14-15-16-17-18-19-20-21-23-25(22-8-5-2)26(27(28)29)24-9-6-3/h26H,4-24H2,1-3H3,(H,28,29). The van der Waals surface area contributed by atoms with Gasteiger partial charge >= 0.3 is 5.97 Å². The maximum atomic E-state index is 11.7. The summed E-state index contributed by atoms with van der Waals surface area (Å²) in [5, 5.41) is 9.66. The summed E-state index contributed by atoms with van der Waals surface area (Å²) in [7, 11) is 0. The minimum absolute atomic E-state index is 0.191. The molecule has 0 heterocycles. The zero-order valence-electron chi connectivity index (χ0n) is 20.3. The van der Waals surface area contributed by atoms with E-state index in [1.54, 1.807) is 0 Å². The van der Waals surface area contributed by atoms with E-state index in [0.29, 0.717) is 0 Å². The second kappa shape index (κ2) is 22.2. The molecule has 1 atom stereocenters. The zero-order valence-corrected chi connectivity index (χ0v) is 20.3. The van der Waals surface area contributed by atoms with Crippen LogP contribution in [0.2, 0.25) is 0 Å². The molecule has 1 radical (unpaired) electrons. The van der Waals surface area contributed by atoms with Crippen molar-refractivity contribution < 1.29 is 9.90 Å². The van der Waals surface area contributed by atoms with Gasteiger partial charge in [-0.15, -0.1) is 0 Å². The van der Waals surface area contributed by atoms with Crippen molar-refractivity contribution in [3.8, 4) is 0 Å². The highest BCUT2D eigenvalue weighted by Gasteiger charge is 2.27. The summed E-state index contributed by atoms with van der Waals surface area (Å²) in [6.45, 7) is 6.63. The van der Waals surface area contributed by atoms with Crippen molar-refractivity contribution in [2.45, 2.75) is 156 Å². The molecular weight excluding hydrogens is 356 g/mol. The summed E-state index contributed by atoms with van der Waals surface area (Å²) in [6.07, 6.45) is 26.6. The lowest BCUT2D eigenvalue weighted by atomic mass is 9.81. The van der Waals surface area contributed by atoms with E-state index in [9.17, 15) is 9.90 Å². The number of carbonyl (C=O) groups is 1. The third-order valence-corrected chi connectivity index (χ3v) is 6.34. The Bertz CT molecular complexity index is 339. The maximum absolute atomic E-state index is 11.7. The van der Waals surface area contributed by atoms with Gasteiger partial charge in [-0.05, 0) is 25.2 Å². The van der Waals surface area contributed by atoms with Crippen molar-refractivity contribution in [2.75, 3.05) is 0 Å². The summed E-state index contributed by atoms with van der Waals surface area (Å²) in [5.74, 6) is 0.546. The average Bonchev–Trinajstić information content (AvgIpc) is 2.71. The van der Waals surface area contributed by atoms with Crippen LogP contribution in [0.4, 0.5) is 0 Å². The Balaban J connectivity index is 3.75. The smallest absolute Gasteiger partial charge is 0.307 e. The average molecular weight is 410 g/mol. The Morgan fingerprint density at radius 1 is 0.552 bits per heavy atom. The Kier molecular flexibility index (Phi) is 21.8. The van der Waals surface area contributed by atoms with Crippen LogP contribution in [0.25, 0.3) is 0 Å². The van der Waals surface area contributed by atoms with Gasteiger partial charge in [-0.1, -0.05) is 136 Å². The molecule has 0 rings (SSSR count). The normalized spacial score (nSPS) is 12.6. The third kappa shape index (κ3) is 18.0. The molecular formula is C27H53O2. The van der Waals surface area contributed by atoms with Crippen molar-refractivity contribution in [1.29, 1.82) is 0 Å². The first-order chi connectivity index (χ1) is 14.2. The van der Waals surface area contributed by atoms with Crippen molar-refractivity contribution >= 4 is 5.97 Å². The molecule has 2 nitrogen and oxygen atoms in total. The van der Waals surface area contributed by atoms with Gasteiger partial charge in [-0.25, -0.2) is 0 Å². The second-order valence-corrected chi connectivity index (χ2v) is 9.14. The fourth-order valence-corrected chi connectivity index (χ4v) is 4.33. The predicted octanol–water partition coefficient (Wildman–Crippen LogP) is 9.51. The van der Waals surface area contributed by atoms with E-state index >= 15 is 0 Å². The van der Waals surface area contributed by atoms with Gasteiger partial charge in [-0.2, -0.15) is 0 Å². The molecule has 0 saturated carbocycles. The summed E-state index contributed by atoms with van der Waals surface area (Å²) < 4.78 is 0. The zero-order chi connectivity index (χ0) is 21.6. The van der Waals surface area contributed by atoms with Crippen molar-refractivity contribution in [3.05, 3.63) is 5.92 Å². The molecule has 1 N–H and O–H groups in total. The summed E-state index contributed by atoms with van der Waals surface area (Å²) in [4.78, 5) is 11.7. The number of hydrogen-bond donors (Lipinski definition) is 1. The van der Waals surface area contributed by atoms with E-state index in [0.717, 1.165) is 44.9 Å². The SMILES string of the molecule is CCCCCCCCCCCCCCCC[C](CCCC)C(CCCC)C(=O)O. The third-order valence-electron chi connectivity index (χ3n) is 6.34. The fraction of sp³-hybridized carbons (Fsp3) is 0.926. The van der Waals surface area contributed by atoms with Gasteiger partial charge in [0, 0.05) is 0 Å². The highest BCUT2D eigenvalue weighted by molar-refractivity contribution is 5.72. The van der Waals surface area contributed by atoms with Gasteiger partial charge in [0.25, 0.3) is 0 Å². The second-order valence-electron chi connectivity index (χ2n) is 9.14. The largest absolute Gasteiger partial charge is 0.481 e. The summed E-state index contributed by atoms with van der Waals surface area (Å²) in [5.41, 5.74) is 0. The van der Waals surface area contributed by atoms with Crippen LogP contribution < -0.4 is 0 Å². The van der Waals surface area contributed by atoms with Crippen molar-refractivity contribution in [1.82, 2.24) is 0 Å². The molecule has 0 amide bonds. The number of unbranched alkanes of at least 4 members (excludes halogenated alkanes) is 15. The van der Waals surface area contributed by atoms with E-state index < -0.39 is 5.97 Å². The van der Waals surface area contributed by atoms with Crippen LogP contribution >= 0.6 is 0 Å². The van der Waals surface area contributed by atoms with Gasteiger partial charge in [0.1, 0.15) is 0 Å². The van der Waals surface area contributed by atoms with Crippen molar-refractivity contribution in [3.63, 3.8) is 0 Å². The highest BCUT2D eigenvalue weighted by Crippen LogP contribution is 2.31. The lowest BCUT2D eigenvalue weighted by Crippen LogP contribution is -2.22. The Morgan fingerprint density at radius 2 is 0.931 bits per heavy atom. The van der Waals surface area contributed by atoms with Crippen LogP contribution in [-0.2, 0) is 4.79 Å². The first kappa shape index (κ1) is 28.5. The van der Waals surface area contributed by atoms with Crippen LogP contribution in [0.15, 0.2) is 0 Å². The van der Waals surface area contributed by atoms with E-state index in [1.807, 2.05) is 0 Å². The van der Waals surface area contributed by atoms with E-state index in [-0.39, 0.29) is 5.92 Å². The van der Waals surface area contributed by atoms with Gasteiger partial charge in [0.15, 0.2) is 0 Å². The number of carboxylic acids is 1. The molecule has 0 aromatic carbocycles. The van der Waals surface area contributed by atoms with Crippen LogP contribution in [-0.4, -0.2) is 11.1 Å². The molecule has 29 heavy (non-hydrogen) atoms. The van der Waals surface area contributed by atoms with Gasteiger partial charge in [0.2, 0.25) is 0 Å². The quantitative estimate of drug-likeness (QED) is 0.171. The van der Waals surface area contributed by atoms with Crippen LogP contribution in [0.3, 0.4) is 0 Å². The number of carboxylic acid groups (broad SMARTS) is 1. The summed E-state index contributed by atoms with van der Waals surface area (Å²) in [6, 6.07) is 0. The highest BCUT2D eigenvalue weighted by atomic mass is 16.4. The number of hydrogen-bond acceptors (Lipinski definition) is 1. The molecule has 0 aliphatic carbocycles. The van der Waals surface area contributed by atoms with Crippen molar-refractivity contribution in [2.24, 2.45) is 5.92 Å². The fourth-order valence-electron chi connectivity index (χ4n) is 4.33. The molecule has 0 spiro atoms. The molecule has 1 unspecified atom stereocenters. The van der Waals surface area contributed by atoms with E-state index in [2.05, 4.69) is 20.8 Å². The lowest BCUT2D eigenvalue weighted by molar-refractivity contribution is -0.141. The topological polar surface area (TPSA) is 37.3 Å². The monoisotopic (exact) mass is 409 g/mol. The van der Waals surface area contributed by atoms with E-state index in [4.69, 9.17) is 0 Å². The van der Waals surface area contributed by atoms with Gasteiger partial charge in [-0.3, -0.25) is 4.79 Å². The van der Waals surface area contributed by atoms with Gasteiger partial charge in [0.05, 0.1) is 5.92 Å². The molecule has 0 aromatic rings. The Labute approximate surface area is 183 Å². The van der Waals surface area contributed by atoms with Crippen LogP contribution in [0.5, 0.6) is 0 Å². The minimum atomic E-state index is -0.588. The molecule has 0 bridgehead atoms. The lowest BCUT2D eigenvalue weighted by Gasteiger charge is -2.23. The number of rotatable bonds is 23.